The number of hydrogen-bond acceptors (Lipinski definition) is 4. The van der Waals surface area contributed by atoms with Crippen molar-refractivity contribution in [1.29, 1.82) is 0 Å². The number of ether oxygens (including phenoxy) is 2. The first kappa shape index (κ1) is 17.2. The summed E-state index contributed by atoms with van der Waals surface area (Å²) in [6, 6.07) is 0.636. The second-order valence-electron chi connectivity index (χ2n) is 6.80. The van der Waals surface area contributed by atoms with Crippen molar-refractivity contribution in [3.63, 3.8) is 0 Å². The molecule has 4 heteroatoms. The molecule has 124 valence electrons. The standard InChI is InChI=1S/C17H33NO3/c1-3-6-17-14(2)7-4-9-18(17)11-15(19)12-20-13-16-8-5-10-21-16/h14-17,19H,3-13H2,1-2H3. The zero-order valence-electron chi connectivity index (χ0n) is 13.8. The molecule has 0 bridgehead atoms. The van der Waals surface area contributed by atoms with Gasteiger partial charge in [0.15, 0.2) is 0 Å². The fourth-order valence-electron chi connectivity index (χ4n) is 3.76. The van der Waals surface area contributed by atoms with Crippen molar-refractivity contribution in [3.05, 3.63) is 0 Å². The summed E-state index contributed by atoms with van der Waals surface area (Å²) in [5.74, 6) is 0.749. The Hall–Kier alpha value is -0.160. The van der Waals surface area contributed by atoms with Gasteiger partial charge < -0.3 is 14.6 Å². The van der Waals surface area contributed by atoms with Crippen LogP contribution in [0.1, 0.15) is 52.4 Å². The Morgan fingerprint density at radius 1 is 1.33 bits per heavy atom. The lowest BCUT2D eigenvalue weighted by atomic mass is 9.88. The van der Waals surface area contributed by atoms with E-state index in [1.54, 1.807) is 0 Å². The monoisotopic (exact) mass is 299 g/mol. The van der Waals surface area contributed by atoms with Crippen LogP contribution in [-0.4, -0.2) is 61.2 Å². The lowest BCUT2D eigenvalue weighted by molar-refractivity contribution is -0.0355. The van der Waals surface area contributed by atoms with Gasteiger partial charge in [0.2, 0.25) is 0 Å². The summed E-state index contributed by atoms with van der Waals surface area (Å²) in [7, 11) is 0. The van der Waals surface area contributed by atoms with Crippen molar-refractivity contribution in [3.8, 4) is 0 Å². The van der Waals surface area contributed by atoms with E-state index >= 15 is 0 Å². The summed E-state index contributed by atoms with van der Waals surface area (Å²) in [6.45, 7) is 8.40. The van der Waals surface area contributed by atoms with Crippen molar-refractivity contribution in [1.82, 2.24) is 4.90 Å². The average Bonchev–Trinajstić information content (AvgIpc) is 2.96. The highest BCUT2D eigenvalue weighted by Crippen LogP contribution is 2.26. The van der Waals surface area contributed by atoms with Gasteiger partial charge >= 0.3 is 0 Å². The van der Waals surface area contributed by atoms with Crippen LogP contribution in [0.25, 0.3) is 0 Å². The normalized spacial score (nSPS) is 32.4. The fraction of sp³-hybridized carbons (Fsp3) is 1.00. The molecule has 2 saturated heterocycles. The molecule has 0 spiro atoms. The Labute approximate surface area is 129 Å². The number of aliphatic hydroxyl groups is 1. The smallest absolute Gasteiger partial charge is 0.0900 e. The highest BCUT2D eigenvalue weighted by Gasteiger charge is 2.29. The third kappa shape index (κ3) is 5.51. The molecule has 2 aliphatic heterocycles. The minimum absolute atomic E-state index is 0.250. The Bertz CT molecular complexity index is 281. The molecule has 4 unspecified atom stereocenters. The summed E-state index contributed by atoms with van der Waals surface area (Å²) in [5.41, 5.74) is 0. The van der Waals surface area contributed by atoms with Crippen molar-refractivity contribution in [2.24, 2.45) is 5.92 Å². The molecule has 1 N–H and O–H groups in total. The topological polar surface area (TPSA) is 41.9 Å². The third-order valence-corrected chi connectivity index (χ3v) is 4.90. The Kier molecular flexibility index (Phi) is 7.44. The van der Waals surface area contributed by atoms with Crippen LogP contribution in [0.5, 0.6) is 0 Å². The first-order valence-corrected chi connectivity index (χ1v) is 8.82. The molecule has 2 heterocycles. The molecule has 0 aromatic rings. The van der Waals surface area contributed by atoms with E-state index in [0.29, 0.717) is 19.3 Å². The molecule has 4 atom stereocenters. The van der Waals surface area contributed by atoms with E-state index < -0.39 is 0 Å². The molecule has 21 heavy (non-hydrogen) atoms. The molecule has 0 aromatic carbocycles. The second-order valence-corrected chi connectivity index (χ2v) is 6.80. The fourth-order valence-corrected chi connectivity index (χ4v) is 3.76. The van der Waals surface area contributed by atoms with E-state index in [4.69, 9.17) is 9.47 Å². The zero-order valence-corrected chi connectivity index (χ0v) is 13.8. The molecule has 2 aliphatic rings. The molecule has 0 radical (unpaired) electrons. The highest BCUT2D eigenvalue weighted by molar-refractivity contribution is 4.83. The highest BCUT2D eigenvalue weighted by atomic mass is 16.5. The first-order valence-electron chi connectivity index (χ1n) is 8.82. The van der Waals surface area contributed by atoms with Gasteiger partial charge in [0.25, 0.3) is 0 Å². The lowest BCUT2D eigenvalue weighted by Crippen LogP contribution is -2.48. The summed E-state index contributed by atoms with van der Waals surface area (Å²) in [5, 5.41) is 10.2. The van der Waals surface area contributed by atoms with Crippen LogP contribution in [0.3, 0.4) is 0 Å². The maximum Gasteiger partial charge on any atom is 0.0900 e. The van der Waals surface area contributed by atoms with Gasteiger partial charge in [-0.05, 0) is 44.6 Å². The minimum atomic E-state index is -0.379. The van der Waals surface area contributed by atoms with Crippen LogP contribution in [0.4, 0.5) is 0 Å². The average molecular weight is 299 g/mol. The van der Waals surface area contributed by atoms with Crippen LogP contribution < -0.4 is 0 Å². The Morgan fingerprint density at radius 3 is 2.90 bits per heavy atom. The van der Waals surface area contributed by atoms with Crippen LogP contribution in [0.15, 0.2) is 0 Å². The van der Waals surface area contributed by atoms with Gasteiger partial charge in [0, 0.05) is 19.2 Å². The molecule has 2 rings (SSSR count). The predicted octanol–water partition coefficient (Wildman–Crippen LogP) is 2.44. The number of rotatable bonds is 8. The molecule has 2 fully saturated rings. The Morgan fingerprint density at radius 2 is 2.19 bits per heavy atom. The number of β-amino-alcohol motifs (C(OH)–C–C–N with tert-alkyl or cyclic N) is 1. The zero-order chi connectivity index (χ0) is 15.1. The maximum atomic E-state index is 10.2. The summed E-state index contributed by atoms with van der Waals surface area (Å²) < 4.78 is 11.2. The number of piperidine rings is 1. The summed E-state index contributed by atoms with van der Waals surface area (Å²) in [6.07, 6.45) is 7.15. The van der Waals surface area contributed by atoms with Crippen LogP contribution >= 0.6 is 0 Å². The molecule has 0 amide bonds. The summed E-state index contributed by atoms with van der Waals surface area (Å²) >= 11 is 0. The quantitative estimate of drug-likeness (QED) is 0.747. The molecule has 0 saturated carbocycles. The van der Waals surface area contributed by atoms with Gasteiger partial charge in [-0.15, -0.1) is 0 Å². The van der Waals surface area contributed by atoms with E-state index in [1.165, 1.54) is 25.7 Å². The number of likely N-dealkylation sites (tertiary alicyclic amines) is 1. The van der Waals surface area contributed by atoms with Gasteiger partial charge in [-0.1, -0.05) is 20.3 Å². The van der Waals surface area contributed by atoms with Crippen LogP contribution in [0, 0.1) is 5.92 Å². The third-order valence-electron chi connectivity index (χ3n) is 4.90. The predicted molar refractivity (Wildman–Crippen MR) is 84.5 cm³/mol. The van der Waals surface area contributed by atoms with Crippen LogP contribution in [-0.2, 0) is 9.47 Å². The number of nitrogens with zero attached hydrogens (tertiary/aromatic N) is 1. The van der Waals surface area contributed by atoms with Gasteiger partial charge in [-0.25, -0.2) is 0 Å². The van der Waals surface area contributed by atoms with Crippen molar-refractivity contribution in [2.45, 2.75) is 70.6 Å². The van der Waals surface area contributed by atoms with Gasteiger partial charge in [0.05, 0.1) is 25.4 Å². The molecular formula is C17H33NO3. The lowest BCUT2D eigenvalue weighted by Gasteiger charge is -2.41. The molecule has 0 aromatic heterocycles. The maximum absolute atomic E-state index is 10.2. The van der Waals surface area contributed by atoms with Crippen molar-refractivity contribution < 1.29 is 14.6 Å². The van der Waals surface area contributed by atoms with Gasteiger partial charge in [-0.3, -0.25) is 4.90 Å². The van der Waals surface area contributed by atoms with E-state index in [2.05, 4.69) is 18.7 Å². The molecular weight excluding hydrogens is 266 g/mol. The minimum Gasteiger partial charge on any atom is -0.389 e. The largest absolute Gasteiger partial charge is 0.389 e. The number of hydrogen-bond donors (Lipinski definition) is 1. The molecule has 0 aliphatic carbocycles. The molecule has 4 nitrogen and oxygen atoms in total. The van der Waals surface area contributed by atoms with Crippen molar-refractivity contribution >= 4 is 0 Å². The Balaban J connectivity index is 1.68. The second kappa shape index (κ2) is 9.09. The van der Waals surface area contributed by atoms with Crippen LogP contribution in [0.2, 0.25) is 0 Å². The van der Waals surface area contributed by atoms with Crippen molar-refractivity contribution in [2.75, 3.05) is 32.9 Å². The van der Waals surface area contributed by atoms with Gasteiger partial charge in [0.1, 0.15) is 0 Å². The van der Waals surface area contributed by atoms with Gasteiger partial charge in [-0.2, -0.15) is 0 Å². The van der Waals surface area contributed by atoms with E-state index in [0.717, 1.165) is 38.5 Å². The SMILES string of the molecule is CCCC1C(C)CCCN1CC(O)COCC1CCCO1. The summed E-state index contributed by atoms with van der Waals surface area (Å²) in [4.78, 5) is 2.48. The first-order chi connectivity index (χ1) is 10.2. The van der Waals surface area contributed by atoms with E-state index in [1.807, 2.05) is 0 Å². The number of aliphatic hydroxyl groups excluding tert-OH is 1. The van der Waals surface area contributed by atoms with E-state index in [9.17, 15) is 5.11 Å². The van der Waals surface area contributed by atoms with E-state index in [-0.39, 0.29) is 12.2 Å².